The molecule has 0 saturated heterocycles. The van der Waals surface area contributed by atoms with Crippen molar-refractivity contribution in [2.75, 3.05) is 18.0 Å². The van der Waals surface area contributed by atoms with Gasteiger partial charge in [0.2, 0.25) is 5.91 Å². The van der Waals surface area contributed by atoms with Crippen molar-refractivity contribution in [1.82, 2.24) is 10.3 Å². The van der Waals surface area contributed by atoms with Gasteiger partial charge in [0.15, 0.2) is 5.78 Å². The molecule has 0 bridgehead atoms. The van der Waals surface area contributed by atoms with Gasteiger partial charge in [-0.3, -0.25) is 14.6 Å². The summed E-state index contributed by atoms with van der Waals surface area (Å²) >= 11 is 0. The zero-order valence-corrected chi connectivity index (χ0v) is 22.9. The van der Waals surface area contributed by atoms with Crippen LogP contribution in [0.25, 0.3) is 11.3 Å². The Hall–Kier alpha value is -3.67. The number of hydrogen-bond acceptors (Lipinski definition) is 5. The number of fused-ring (bicyclic) bond motifs is 1. The molecule has 39 heavy (non-hydrogen) atoms. The molecule has 1 aliphatic heterocycles. The summed E-state index contributed by atoms with van der Waals surface area (Å²) in [5.74, 6) is 1.47. The topological polar surface area (TPSA) is 71.5 Å². The summed E-state index contributed by atoms with van der Waals surface area (Å²) in [7, 11) is 0. The Morgan fingerprint density at radius 2 is 1.82 bits per heavy atom. The molecule has 3 aromatic rings. The number of nitrogens with one attached hydrogen (secondary N) is 1. The smallest absolute Gasteiger partial charge is 0.217 e. The summed E-state index contributed by atoms with van der Waals surface area (Å²) in [4.78, 5) is 30.2. The summed E-state index contributed by atoms with van der Waals surface area (Å²) in [6.45, 7) is 3.37. The molecule has 6 nitrogen and oxygen atoms in total. The number of nitrogens with zero attached hydrogens (tertiary/aromatic N) is 2. The first-order chi connectivity index (χ1) is 19.0. The normalized spacial score (nSPS) is 20.8. The number of pyridine rings is 1. The quantitative estimate of drug-likeness (QED) is 0.371. The third-order valence-corrected chi connectivity index (χ3v) is 8.28. The Balaban J connectivity index is 1.23. The standard InChI is InChI=1S/C33H39N3O3/c1-25(37)35-23-29(38)16-13-26-7-6-18-33(19-17-26)20-22-36(31-9-2-3-10-32(31)39-33)24-27-11-14-28(15-12-27)30-8-4-5-21-34-30/h2-5,8-12,14-15,21,26H,6-7,13,16-20,22-24H2,1H3,(H,35,37). The molecule has 0 radical (unpaired) electrons. The van der Waals surface area contributed by atoms with E-state index in [0.29, 0.717) is 12.3 Å². The van der Waals surface area contributed by atoms with Gasteiger partial charge in [-0.05, 0) is 67.9 Å². The van der Waals surface area contributed by atoms with Crippen molar-refractivity contribution in [2.24, 2.45) is 5.92 Å². The molecule has 6 heteroatoms. The molecule has 1 amide bonds. The van der Waals surface area contributed by atoms with Crippen LogP contribution in [0.3, 0.4) is 0 Å². The number of para-hydroxylation sites is 2. The zero-order valence-electron chi connectivity index (χ0n) is 22.9. The number of carbonyl (C=O) groups excluding carboxylic acids is 2. The summed E-state index contributed by atoms with van der Waals surface area (Å²) < 4.78 is 6.88. The Bertz CT molecular complexity index is 1260. The molecule has 1 spiro atoms. The third-order valence-electron chi connectivity index (χ3n) is 8.28. The minimum Gasteiger partial charge on any atom is -0.485 e. The van der Waals surface area contributed by atoms with Crippen LogP contribution in [0.1, 0.15) is 63.9 Å². The highest BCUT2D eigenvalue weighted by atomic mass is 16.5. The first kappa shape index (κ1) is 26.9. The first-order valence-corrected chi connectivity index (χ1v) is 14.3. The lowest BCUT2D eigenvalue weighted by Crippen LogP contribution is -2.37. The number of Topliss-reactive ketones (excluding diaryl/α,β-unsaturated/α-hetero) is 1. The van der Waals surface area contributed by atoms with E-state index >= 15 is 0 Å². The van der Waals surface area contributed by atoms with E-state index in [1.165, 1.54) is 12.5 Å². The second kappa shape index (κ2) is 12.5. The van der Waals surface area contributed by atoms with Crippen LogP contribution < -0.4 is 15.0 Å². The van der Waals surface area contributed by atoms with E-state index in [2.05, 4.69) is 63.7 Å². The minimum absolute atomic E-state index is 0.118. The number of hydrogen-bond donors (Lipinski definition) is 1. The van der Waals surface area contributed by atoms with Gasteiger partial charge in [-0.15, -0.1) is 0 Å². The maximum Gasteiger partial charge on any atom is 0.217 e. The van der Waals surface area contributed by atoms with Crippen LogP contribution in [0.2, 0.25) is 0 Å². The maximum absolute atomic E-state index is 12.2. The minimum atomic E-state index is -0.164. The molecule has 1 saturated carbocycles. The van der Waals surface area contributed by atoms with Crippen LogP contribution in [0.15, 0.2) is 72.9 Å². The van der Waals surface area contributed by atoms with Crippen LogP contribution in [0, 0.1) is 5.92 Å². The van der Waals surface area contributed by atoms with Crippen molar-refractivity contribution < 1.29 is 14.3 Å². The fourth-order valence-electron chi connectivity index (χ4n) is 6.01. The van der Waals surface area contributed by atoms with Gasteiger partial charge in [-0.25, -0.2) is 0 Å². The van der Waals surface area contributed by atoms with Gasteiger partial charge in [-0.2, -0.15) is 0 Å². The van der Waals surface area contributed by atoms with Crippen LogP contribution in [0.4, 0.5) is 5.69 Å². The average molecular weight is 526 g/mol. The van der Waals surface area contributed by atoms with Crippen LogP contribution >= 0.6 is 0 Å². The van der Waals surface area contributed by atoms with Crippen molar-refractivity contribution >= 4 is 17.4 Å². The van der Waals surface area contributed by atoms with Crippen molar-refractivity contribution in [2.45, 2.75) is 70.4 Å². The molecule has 2 heterocycles. The van der Waals surface area contributed by atoms with Gasteiger partial charge >= 0.3 is 0 Å². The van der Waals surface area contributed by atoms with E-state index in [-0.39, 0.29) is 23.8 Å². The van der Waals surface area contributed by atoms with E-state index in [1.54, 1.807) is 0 Å². The Kier molecular flexibility index (Phi) is 8.60. The Morgan fingerprint density at radius 1 is 1.00 bits per heavy atom. The van der Waals surface area contributed by atoms with Gasteiger partial charge in [0.1, 0.15) is 11.4 Å². The lowest BCUT2D eigenvalue weighted by molar-refractivity contribution is -0.124. The lowest BCUT2D eigenvalue weighted by Gasteiger charge is -2.32. The van der Waals surface area contributed by atoms with Crippen molar-refractivity contribution in [3.05, 3.63) is 78.5 Å². The monoisotopic (exact) mass is 525 g/mol. The van der Waals surface area contributed by atoms with Gasteiger partial charge < -0.3 is 15.0 Å². The molecule has 1 fully saturated rings. The van der Waals surface area contributed by atoms with Crippen LogP contribution in [-0.4, -0.2) is 35.4 Å². The van der Waals surface area contributed by atoms with Gasteiger partial charge in [0.25, 0.3) is 0 Å². The Morgan fingerprint density at radius 3 is 2.62 bits per heavy atom. The number of ether oxygens (including phenoxy) is 1. The van der Waals surface area contributed by atoms with E-state index in [1.807, 2.05) is 24.4 Å². The van der Waals surface area contributed by atoms with Crippen molar-refractivity contribution in [1.29, 1.82) is 0 Å². The largest absolute Gasteiger partial charge is 0.485 e. The van der Waals surface area contributed by atoms with Gasteiger partial charge in [-0.1, -0.05) is 48.9 Å². The lowest BCUT2D eigenvalue weighted by atomic mass is 9.88. The van der Waals surface area contributed by atoms with Crippen LogP contribution in [0.5, 0.6) is 5.75 Å². The van der Waals surface area contributed by atoms with Crippen molar-refractivity contribution in [3.8, 4) is 17.0 Å². The summed E-state index contributed by atoms with van der Waals surface area (Å²) in [6.07, 6.45) is 9.63. The number of carbonyl (C=O) groups is 2. The molecule has 1 aliphatic carbocycles. The van der Waals surface area contributed by atoms with E-state index in [0.717, 1.165) is 80.7 Å². The predicted octanol–water partition coefficient (Wildman–Crippen LogP) is 6.34. The molecule has 5 rings (SSSR count). The fraction of sp³-hybridized carbons (Fsp3) is 0.424. The van der Waals surface area contributed by atoms with Gasteiger partial charge in [0, 0.05) is 44.6 Å². The molecular weight excluding hydrogens is 486 g/mol. The average Bonchev–Trinajstić information content (AvgIpc) is 3.25. The maximum atomic E-state index is 12.2. The zero-order chi connectivity index (χ0) is 27.1. The van der Waals surface area contributed by atoms with E-state index in [4.69, 9.17) is 4.74 Å². The fourth-order valence-corrected chi connectivity index (χ4v) is 6.01. The second-order valence-corrected chi connectivity index (χ2v) is 11.1. The molecule has 2 unspecified atom stereocenters. The number of anilines is 1. The number of amides is 1. The first-order valence-electron chi connectivity index (χ1n) is 14.3. The van der Waals surface area contributed by atoms with E-state index in [9.17, 15) is 9.59 Å². The summed E-state index contributed by atoms with van der Waals surface area (Å²) in [5.41, 5.74) is 4.38. The molecule has 2 aromatic carbocycles. The molecular formula is C33H39N3O3. The van der Waals surface area contributed by atoms with Gasteiger partial charge in [0.05, 0.1) is 17.9 Å². The number of ketones is 1. The third kappa shape index (κ3) is 7.05. The molecule has 2 aliphatic rings. The SMILES string of the molecule is CC(=O)NCC(=O)CCC1CCCC2(CC1)CCN(Cc1ccc(-c3ccccn3)cc1)c1ccccc1O2. The Labute approximate surface area is 231 Å². The summed E-state index contributed by atoms with van der Waals surface area (Å²) in [5, 5.41) is 2.62. The predicted molar refractivity (Wildman–Crippen MR) is 155 cm³/mol. The summed E-state index contributed by atoms with van der Waals surface area (Å²) in [6, 6.07) is 23.2. The number of rotatable bonds is 8. The molecule has 204 valence electrons. The number of benzene rings is 2. The van der Waals surface area contributed by atoms with Crippen LogP contribution in [-0.2, 0) is 16.1 Å². The second-order valence-electron chi connectivity index (χ2n) is 11.1. The molecule has 1 aromatic heterocycles. The van der Waals surface area contributed by atoms with E-state index < -0.39 is 0 Å². The number of aromatic nitrogens is 1. The highest BCUT2D eigenvalue weighted by Gasteiger charge is 2.38. The molecule has 1 N–H and O–H groups in total. The highest BCUT2D eigenvalue weighted by Crippen LogP contribution is 2.43. The highest BCUT2D eigenvalue weighted by molar-refractivity contribution is 5.85. The molecule has 2 atom stereocenters. The van der Waals surface area contributed by atoms with Crippen molar-refractivity contribution in [3.63, 3.8) is 0 Å².